The average Bonchev–Trinajstić information content (AvgIpc) is 2.33. The molecule has 1 fully saturated rings. The fraction of sp³-hybridized carbons (Fsp3) is 0.571. The Morgan fingerprint density at radius 2 is 1.75 bits per heavy atom. The number of hydrogen-bond donors (Lipinski definition) is 0. The van der Waals surface area contributed by atoms with Crippen molar-refractivity contribution < 1.29 is 0 Å². The summed E-state index contributed by atoms with van der Waals surface area (Å²) in [6.45, 7) is 2.84. The number of benzene rings is 1. The first-order chi connectivity index (χ1) is 7.84. The molecule has 1 saturated carbocycles. The van der Waals surface area contributed by atoms with Gasteiger partial charge in [-0.1, -0.05) is 49.1 Å². The van der Waals surface area contributed by atoms with E-state index in [0.29, 0.717) is 6.04 Å². The largest absolute Gasteiger partial charge is 0.190 e. The van der Waals surface area contributed by atoms with Crippen LogP contribution in [0.5, 0.6) is 0 Å². The molecule has 0 heterocycles. The van der Waals surface area contributed by atoms with Crippen molar-refractivity contribution >= 4 is 0 Å². The predicted octanol–water partition coefficient (Wildman–Crippen LogP) is 4.28. The molecule has 0 spiro atoms. The van der Waals surface area contributed by atoms with Crippen molar-refractivity contribution in [3.05, 3.63) is 35.4 Å². The molecule has 0 bridgehead atoms. The minimum atomic E-state index is 0.499. The summed E-state index contributed by atoms with van der Waals surface area (Å²) in [6.07, 6.45) is 6.50. The molecule has 0 unspecified atom stereocenters. The fourth-order valence-corrected chi connectivity index (χ4v) is 2.13. The molecule has 2 nitrogen and oxygen atoms in total. The number of nitrogens with zero attached hydrogens (tertiary/aromatic N) is 2. The lowest BCUT2D eigenvalue weighted by atomic mass is 9.96. The summed E-state index contributed by atoms with van der Waals surface area (Å²) in [5.41, 5.74) is 2.55. The molecule has 0 atom stereocenters. The van der Waals surface area contributed by atoms with Crippen molar-refractivity contribution in [2.75, 3.05) is 0 Å². The van der Waals surface area contributed by atoms with Crippen LogP contribution in [0, 0.1) is 6.92 Å². The van der Waals surface area contributed by atoms with Crippen molar-refractivity contribution in [2.45, 2.75) is 51.6 Å². The van der Waals surface area contributed by atoms with E-state index in [1.54, 1.807) is 0 Å². The van der Waals surface area contributed by atoms with Crippen LogP contribution in [0.2, 0.25) is 0 Å². The highest BCUT2D eigenvalue weighted by molar-refractivity contribution is 5.20. The van der Waals surface area contributed by atoms with Gasteiger partial charge in [0.05, 0.1) is 12.6 Å². The van der Waals surface area contributed by atoms with E-state index in [4.69, 9.17) is 0 Å². The average molecular weight is 216 g/mol. The lowest BCUT2D eigenvalue weighted by molar-refractivity contribution is 0.428. The highest BCUT2D eigenvalue weighted by atomic mass is 15.1. The van der Waals surface area contributed by atoms with E-state index in [0.717, 1.165) is 6.54 Å². The Balaban J connectivity index is 1.81. The second-order valence-electron chi connectivity index (χ2n) is 4.69. The van der Waals surface area contributed by atoms with Crippen LogP contribution in [0.4, 0.5) is 0 Å². The minimum absolute atomic E-state index is 0.499. The lowest BCUT2D eigenvalue weighted by Gasteiger charge is -2.15. The summed E-state index contributed by atoms with van der Waals surface area (Å²) in [5, 5.41) is 8.75. The summed E-state index contributed by atoms with van der Waals surface area (Å²) in [7, 11) is 0. The molecule has 2 heteroatoms. The maximum absolute atomic E-state index is 4.43. The Morgan fingerprint density at radius 3 is 2.44 bits per heavy atom. The first-order valence-corrected chi connectivity index (χ1v) is 6.27. The summed E-state index contributed by atoms with van der Waals surface area (Å²) in [5.74, 6) is 0. The number of hydrogen-bond acceptors (Lipinski definition) is 2. The summed E-state index contributed by atoms with van der Waals surface area (Å²) in [6, 6.07) is 9.03. The van der Waals surface area contributed by atoms with Gasteiger partial charge in [-0.05, 0) is 25.3 Å². The van der Waals surface area contributed by atoms with Crippen molar-refractivity contribution in [1.29, 1.82) is 0 Å². The molecular formula is C14H20N2. The maximum atomic E-state index is 4.43. The van der Waals surface area contributed by atoms with Gasteiger partial charge in [-0.15, -0.1) is 0 Å². The first-order valence-electron chi connectivity index (χ1n) is 6.27. The molecule has 0 saturated heterocycles. The quantitative estimate of drug-likeness (QED) is 0.674. The molecule has 1 aromatic carbocycles. The third kappa shape index (κ3) is 3.44. The van der Waals surface area contributed by atoms with E-state index in [-0.39, 0.29) is 0 Å². The molecule has 0 radical (unpaired) electrons. The molecule has 0 aliphatic heterocycles. The molecular weight excluding hydrogens is 196 g/mol. The molecule has 0 N–H and O–H groups in total. The summed E-state index contributed by atoms with van der Waals surface area (Å²) < 4.78 is 0. The van der Waals surface area contributed by atoms with E-state index < -0.39 is 0 Å². The van der Waals surface area contributed by atoms with Crippen LogP contribution < -0.4 is 0 Å². The van der Waals surface area contributed by atoms with Gasteiger partial charge in [-0.2, -0.15) is 10.2 Å². The molecule has 1 aromatic rings. The third-order valence-corrected chi connectivity index (χ3v) is 3.19. The monoisotopic (exact) mass is 216 g/mol. The van der Waals surface area contributed by atoms with E-state index >= 15 is 0 Å². The summed E-state index contributed by atoms with van der Waals surface area (Å²) >= 11 is 0. The SMILES string of the molecule is Cc1ccc(CN=NC2CCCCC2)cc1. The van der Waals surface area contributed by atoms with Crippen LogP contribution in [0.25, 0.3) is 0 Å². The Morgan fingerprint density at radius 1 is 1.06 bits per heavy atom. The zero-order valence-electron chi connectivity index (χ0n) is 10.0. The van der Waals surface area contributed by atoms with Crippen molar-refractivity contribution in [3.8, 4) is 0 Å². The Kier molecular flexibility index (Phi) is 4.09. The van der Waals surface area contributed by atoms with E-state index in [1.807, 2.05) is 0 Å². The normalized spacial score (nSPS) is 18.1. The van der Waals surface area contributed by atoms with E-state index in [2.05, 4.69) is 41.4 Å². The van der Waals surface area contributed by atoms with E-state index in [9.17, 15) is 0 Å². The summed E-state index contributed by atoms with van der Waals surface area (Å²) in [4.78, 5) is 0. The third-order valence-electron chi connectivity index (χ3n) is 3.19. The molecule has 16 heavy (non-hydrogen) atoms. The van der Waals surface area contributed by atoms with Gasteiger partial charge in [0.15, 0.2) is 0 Å². The Bertz CT molecular complexity index is 334. The van der Waals surface area contributed by atoms with E-state index in [1.165, 1.54) is 43.2 Å². The fourth-order valence-electron chi connectivity index (χ4n) is 2.13. The van der Waals surface area contributed by atoms with Crippen molar-refractivity contribution in [3.63, 3.8) is 0 Å². The predicted molar refractivity (Wildman–Crippen MR) is 66.6 cm³/mol. The Hall–Kier alpha value is -1.18. The molecule has 1 aliphatic rings. The zero-order valence-corrected chi connectivity index (χ0v) is 10.0. The molecule has 86 valence electrons. The van der Waals surface area contributed by atoms with Gasteiger partial charge in [0.2, 0.25) is 0 Å². The second-order valence-corrected chi connectivity index (χ2v) is 4.69. The van der Waals surface area contributed by atoms with Crippen LogP contribution in [-0.4, -0.2) is 6.04 Å². The molecule has 2 rings (SSSR count). The molecule has 0 aromatic heterocycles. The maximum Gasteiger partial charge on any atom is 0.0849 e. The second kappa shape index (κ2) is 5.78. The van der Waals surface area contributed by atoms with Crippen LogP contribution in [-0.2, 0) is 6.54 Å². The highest BCUT2D eigenvalue weighted by Crippen LogP contribution is 2.20. The van der Waals surface area contributed by atoms with Crippen LogP contribution in [0.15, 0.2) is 34.5 Å². The van der Waals surface area contributed by atoms with Crippen LogP contribution in [0.1, 0.15) is 43.2 Å². The van der Waals surface area contributed by atoms with Gasteiger partial charge >= 0.3 is 0 Å². The van der Waals surface area contributed by atoms with Crippen LogP contribution in [0.3, 0.4) is 0 Å². The topological polar surface area (TPSA) is 24.7 Å². The van der Waals surface area contributed by atoms with Gasteiger partial charge in [0.25, 0.3) is 0 Å². The number of aryl methyl sites for hydroxylation is 1. The van der Waals surface area contributed by atoms with Gasteiger partial charge < -0.3 is 0 Å². The standard InChI is InChI=1S/C14H20N2/c1-12-7-9-13(10-8-12)11-15-16-14-5-3-2-4-6-14/h7-10,14H,2-6,11H2,1H3. The first kappa shape index (κ1) is 11.3. The van der Waals surface area contributed by atoms with Gasteiger partial charge in [0, 0.05) is 0 Å². The van der Waals surface area contributed by atoms with Crippen LogP contribution >= 0.6 is 0 Å². The number of azo groups is 1. The Labute approximate surface area is 97.8 Å². The zero-order chi connectivity index (χ0) is 11.2. The van der Waals surface area contributed by atoms with Gasteiger partial charge in [0.1, 0.15) is 0 Å². The van der Waals surface area contributed by atoms with Crippen molar-refractivity contribution in [2.24, 2.45) is 10.2 Å². The number of rotatable bonds is 3. The lowest BCUT2D eigenvalue weighted by Crippen LogP contribution is -2.08. The molecule has 1 aliphatic carbocycles. The smallest absolute Gasteiger partial charge is 0.0849 e. The molecule has 0 amide bonds. The minimum Gasteiger partial charge on any atom is -0.190 e. The van der Waals surface area contributed by atoms with Gasteiger partial charge in [-0.3, -0.25) is 0 Å². The van der Waals surface area contributed by atoms with Crippen molar-refractivity contribution in [1.82, 2.24) is 0 Å². The highest BCUT2D eigenvalue weighted by Gasteiger charge is 2.11. The van der Waals surface area contributed by atoms with Gasteiger partial charge in [-0.25, -0.2) is 0 Å².